The van der Waals surface area contributed by atoms with Gasteiger partial charge >= 0.3 is 11.9 Å². The fraction of sp³-hybridized carbons (Fsp3) is 0.545. The average molecular weight is 285 g/mol. The van der Waals surface area contributed by atoms with E-state index in [4.69, 9.17) is 21.3 Å². The molecule has 6 N–H and O–H groups in total. The molecule has 2 atom stereocenters. The van der Waals surface area contributed by atoms with E-state index in [-0.39, 0.29) is 19.7 Å². The van der Waals surface area contributed by atoms with Gasteiger partial charge in [0, 0.05) is 19.2 Å². The SMILES string of the molecule is CN[C@@H](CN)C(=O)OCn1cc(C[C@H](N)C(=O)O)cn1. The molecule has 0 saturated carbocycles. The smallest absolute Gasteiger partial charge is 0.326 e. The minimum Gasteiger partial charge on any atom is -0.480 e. The number of carbonyl (C=O) groups excluding carboxylic acids is 1. The highest BCUT2D eigenvalue weighted by Gasteiger charge is 2.16. The first kappa shape index (κ1) is 16.1. The van der Waals surface area contributed by atoms with Crippen LogP contribution in [0.3, 0.4) is 0 Å². The molecule has 0 unspecified atom stereocenters. The van der Waals surface area contributed by atoms with E-state index in [2.05, 4.69) is 10.4 Å². The molecule has 9 nitrogen and oxygen atoms in total. The van der Waals surface area contributed by atoms with Crippen molar-refractivity contribution >= 4 is 11.9 Å². The van der Waals surface area contributed by atoms with E-state index < -0.39 is 24.0 Å². The molecular weight excluding hydrogens is 266 g/mol. The second kappa shape index (κ2) is 7.58. The zero-order valence-electron chi connectivity index (χ0n) is 11.2. The summed E-state index contributed by atoms with van der Waals surface area (Å²) in [4.78, 5) is 22.2. The lowest BCUT2D eigenvalue weighted by Crippen LogP contribution is -2.41. The molecule has 0 aliphatic heterocycles. The minimum atomic E-state index is -1.08. The molecule has 1 heterocycles. The Morgan fingerprint density at radius 3 is 2.85 bits per heavy atom. The lowest BCUT2D eigenvalue weighted by molar-refractivity contribution is -0.150. The molecule has 0 bridgehead atoms. The number of aliphatic carboxylic acids is 1. The summed E-state index contributed by atoms with van der Waals surface area (Å²) in [5.41, 5.74) is 11.4. The second-order valence-corrected chi connectivity index (χ2v) is 4.21. The van der Waals surface area contributed by atoms with Crippen LogP contribution in [0.4, 0.5) is 0 Å². The van der Waals surface area contributed by atoms with E-state index >= 15 is 0 Å². The van der Waals surface area contributed by atoms with Crippen molar-refractivity contribution in [3.05, 3.63) is 18.0 Å². The zero-order chi connectivity index (χ0) is 15.1. The third kappa shape index (κ3) is 4.61. The molecule has 0 radical (unpaired) electrons. The Morgan fingerprint density at radius 1 is 1.60 bits per heavy atom. The summed E-state index contributed by atoms with van der Waals surface area (Å²) in [6.07, 6.45) is 3.22. The number of likely N-dealkylation sites (N-methyl/N-ethyl adjacent to an activating group) is 1. The third-order valence-corrected chi connectivity index (χ3v) is 2.67. The number of hydrogen-bond acceptors (Lipinski definition) is 7. The highest BCUT2D eigenvalue weighted by molar-refractivity contribution is 5.75. The first-order valence-corrected chi connectivity index (χ1v) is 6.01. The van der Waals surface area contributed by atoms with Crippen molar-refractivity contribution in [1.29, 1.82) is 0 Å². The number of carbonyl (C=O) groups is 2. The summed E-state index contributed by atoms with van der Waals surface area (Å²) in [5, 5.41) is 15.4. The molecule has 0 aromatic carbocycles. The van der Waals surface area contributed by atoms with E-state index in [0.717, 1.165) is 0 Å². The minimum absolute atomic E-state index is 0.0701. The lowest BCUT2D eigenvalue weighted by atomic mass is 10.1. The van der Waals surface area contributed by atoms with E-state index in [0.29, 0.717) is 5.56 Å². The van der Waals surface area contributed by atoms with Crippen LogP contribution in [0.1, 0.15) is 5.56 Å². The van der Waals surface area contributed by atoms with Gasteiger partial charge in [-0.15, -0.1) is 0 Å². The molecule has 0 aliphatic rings. The molecule has 0 saturated heterocycles. The van der Waals surface area contributed by atoms with Crippen molar-refractivity contribution in [3.8, 4) is 0 Å². The van der Waals surface area contributed by atoms with E-state index in [9.17, 15) is 9.59 Å². The molecular formula is C11H19N5O4. The summed E-state index contributed by atoms with van der Waals surface area (Å²) in [6.45, 7) is 0.0620. The van der Waals surface area contributed by atoms with Crippen molar-refractivity contribution in [2.75, 3.05) is 13.6 Å². The fourth-order valence-electron chi connectivity index (χ4n) is 1.49. The van der Waals surface area contributed by atoms with Crippen LogP contribution < -0.4 is 16.8 Å². The zero-order valence-corrected chi connectivity index (χ0v) is 11.2. The Morgan fingerprint density at radius 2 is 2.30 bits per heavy atom. The molecule has 1 rings (SSSR count). The molecule has 0 spiro atoms. The Kier molecular flexibility index (Phi) is 6.10. The maximum absolute atomic E-state index is 11.5. The van der Waals surface area contributed by atoms with E-state index in [1.54, 1.807) is 13.2 Å². The van der Waals surface area contributed by atoms with Crippen LogP contribution in [-0.2, 0) is 27.5 Å². The van der Waals surface area contributed by atoms with Crippen molar-refractivity contribution in [1.82, 2.24) is 15.1 Å². The lowest BCUT2D eigenvalue weighted by Gasteiger charge is -2.12. The molecule has 1 aromatic rings. The van der Waals surface area contributed by atoms with Crippen molar-refractivity contribution in [3.63, 3.8) is 0 Å². The standard InChI is InChI=1S/C11H19N5O4/c1-14-9(3-12)11(19)20-6-16-5-7(4-15-16)2-8(13)10(17)18/h4-5,8-9,14H,2-3,6,12-13H2,1H3,(H,17,18)/t8-,9-/m0/s1. The van der Waals surface area contributed by atoms with Crippen LogP contribution in [0.25, 0.3) is 0 Å². The molecule has 20 heavy (non-hydrogen) atoms. The summed E-state index contributed by atoms with van der Waals surface area (Å²) in [7, 11) is 1.61. The van der Waals surface area contributed by atoms with Crippen LogP contribution in [0.2, 0.25) is 0 Å². The summed E-state index contributed by atoms with van der Waals surface area (Å²) >= 11 is 0. The van der Waals surface area contributed by atoms with E-state index in [1.807, 2.05) is 0 Å². The highest BCUT2D eigenvalue weighted by atomic mass is 16.5. The number of nitrogens with one attached hydrogen (secondary N) is 1. The average Bonchev–Trinajstić information content (AvgIpc) is 2.85. The van der Waals surface area contributed by atoms with Gasteiger partial charge in [-0.05, 0) is 12.6 Å². The number of carboxylic acids is 1. The Labute approximate surface area is 115 Å². The number of esters is 1. The van der Waals surface area contributed by atoms with Gasteiger partial charge in [-0.2, -0.15) is 5.10 Å². The molecule has 0 amide bonds. The Bertz CT molecular complexity index is 457. The topological polar surface area (TPSA) is 145 Å². The summed E-state index contributed by atoms with van der Waals surface area (Å²) in [5.74, 6) is -1.56. The van der Waals surface area contributed by atoms with Gasteiger partial charge in [-0.1, -0.05) is 0 Å². The molecule has 112 valence electrons. The maximum atomic E-state index is 11.5. The van der Waals surface area contributed by atoms with Crippen LogP contribution in [0.15, 0.2) is 12.4 Å². The number of aromatic nitrogens is 2. The van der Waals surface area contributed by atoms with Crippen molar-refractivity contribution < 1.29 is 19.4 Å². The normalized spacial score (nSPS) is 13.8. The Hall–Kier alpha value is -1.97. The van der Waals surface area contributed by atoms with Gasteiger partial charge in [0.1, 0.15) is 12.1 Å². The number of nitrogens with two attached hydrogens (primary N) is 2. The number of nitrogens with zero attached hydrogens (tertiary/aromatic N) is 2. The summed E-state index contributed by atoms with van der Waals surface area (Å²) < 4.78 is 6.39. The maximum Gasteiger partial charge on any atom is 0.326 e. The first-order valence-electron chi connectivity index (χ1n) is 6.01. The number of rotatable bonds is 8. The number of ether oxygens (including phenoxy) is 1. The van der Waals surface area contributed by atoms with Gasteiger partial charge in [-0.3, -0.25) is 9.59 Å². The van der Waals surface area contributed by atoms with Crippen molar-refractivity contribution in [2.24, 2.45) is 11.5 Å². The Balaban J connectivity index is 2.48. The quantitative estimate of drug-likeness (QED) is 0.397. The fourth-order valence-corrected chi connectivity index (χ4v) is 1.49. The predicted octanol–water partition coefficient (Wildman–Crippen LogP) is -2.12. The molecule has 1 aromatic heterocycles. The van der Waals surface area contributed by atoms with Crippen LogP contribution >= 0.6 is 0 Å². The third-order valence-electron chi connectivity index (χ3n) is 2.67. The highest BCUT2D eigenvalue weighted by Crippen LogP contribution is 2.02. The van der Waals surface area contributed by atoms with Gasteiger partial charge in [0.05, 0.1) is 6.20 Å². The molecule has 0 fully saturated rings. The largest absolute Gasteiger partial charge is 0.480 e. The van der Waals surface area contributed by atoms with Gasteiger partial charge in [0.25, 0.3) is 0 Å². The van der Waals surface area contributed by atoms with Crippen LogP contribution in [0, 0.1) is 0 Å². The van der Waals surface area contributed by atoms with Gasteiger partial charge in [0.15, 0.2) is 6.73 Å². The predicted molar refractivity (Wildman–Crippen MR) is 69.5 cm³/mol. The summed E-state index contributed by atoms with van der Waals surface area (Å²) in [6, 6.07) is -1.55. The molecule has 0 aliphatic carbocycles. The van der Waals surface area contributed by atoms with Gasteiger partial charge in [0.2, 0.25) is 0 Å². The van der Waals surface area contributed by atoms with Crippen LogP contribution in [0.5, 0.6) is 0 Å². The number of carboxylic acid groups (broad SMARTS) is 1. The van der Waals surface area contributed by atoms with Gasteiger partial charge < -0.3 is 26.6 Å². The monoisotopic (exact) mass is 285 g/mol. The van der Waals surface area contributed by atoms with Gasteiger partial charge in [-0.25, -0.2) is 4.68 Å². The second-order valence-electron chi connectivity index (χ2n) is 4.21. The van der Waals surface area contributed by atoms with Crippen molar-refractivity contribution in [2.45, 2.75) is 25.2 Å². The van der Waals surface area contributed by atoms with E-state index in [1.165, 1.54) is 10.9 Å². The first-order chi connectivity index (χ1) is 9.47. The molecule has 9 heteroatoms. The van der Waals surface area contributed by atoms with Crippen LogP contribution in [-0.4, -0.2) is 52.5 Å². The number of hydrogen-bond donors (Lipinski definition) is 4.